The molecule has 0 aliphatic rings. The van der Waals surface area contributed by atoms with Gasteiger partial charge in [-0.3, -0.25) is 4.79 Å². The fourth-order valence-electron chi connectivity index (χ4n) is 2.44. The lowest BCUT2D eigenvalue weighted by Gasteiger charge is -2.12. The summed E-state index contributed by atoms with van der Waals surface area (Å²) in [6.45, 7) is 3.57. The number of esters is 1. The van der Waals surface area contributed by atoms with E-state index in [9.17, 15) is 9.59 Å². The number of hydrogen-bond donors (Lipinski definition) is 1. The maximum atomic E-state index is 12.2. The number of aromatic nitrogens is 1. The van der Waals surface area contributed by atoms with Crippen LogP contribution in [-0.4, -0.2) is 23.0 Å². The number of fused-ring (bicyclic) bond motifs is 1. The molecule has 6 nitrogen and oxygen atoms in total. The van der Waals surface area contributed by atoms with Crippen LogP contribution >= 0.6 is 0 Å². The van der Waals surface area contributed by atoms with Gasteiger partial charge in [-0.05, 0) is 43.2 Å². The van der Waals surface area contributed by atoms with Gasteiger partial charge in [-0.2, -0.15) is 0 Å². The van der Waals surface area contributed by atoms with Gasteiger partial charge in [-0.15, -0.1) is 0 Å². The summed E-state index contributed by atoms with van der Waals surface area (Å²) in [4.78, 5) is 28.3. The van der Waals surface area contributed by atoms with Crippen molar-refractivity contribution >= 4 is 34.7 Å². The van der Waals surface area contributed by atoms with Crippen LogP contribution in [0.25, 0.3) is 17.2 Å². The summed E-state index contributed by atoms with van der Waals surface area (Å²) < 4.78 is 10.6. The Morgan fingerprint density at radius 1 is 1.19 bits per heavy atom. The molecule has 1 aromatic heterocycles. The molecule has 1 atom stereocenters. The monoisotopic (exact) mass is 364 g/mol. The van der Waals surface area contributed by atoms with E-state index >= 15 is 0 Å². The Morgan fingerprint density at radius 3 is 2.63 bits per heavy atom. The second-order valence-corrected chi connectivity index (χ2v) is 5.97. The molecule has 0 aliphatic carbocycles. The molecular formula is C21H20N2O4. The molecule has 0 spiro atoms. The molecule has 0 unspecified atom stereocenters. The van der Waals surface area contributed by atoms with Gasteiger partial charge in [0, 0.05) is 17.8 Å². The molecule has 0 saturated carbocycles. The normalized spacial score (nSPS) is 12.2. The largest absolute Gasteiger partial charge is 0.449 e. The van der Waals surface area contributed by atoms with E-state index in [2.05, 4.69) is 17.2 Å². The Hall–Kier alpha value is -3.41. The van der Waals surface area contributed by atoms with Crippen LogP contribution < -0.4 is 5.32 Å². The predicted molar refractivity (Wildman–Crippen MR) is 103 cm³/mol. The van der Waals surface area contributed by atoms with Gasteiger partial charge >= 0.3 is 5.97 Å². The standard InChI is InChI=1S/C21H20N2O4/c1-3-15-8-10-16(11-9-15)22-21(25)14(2)26-20(24)13-12-19-23-17-6-4-5-7-18(17)27-19/h4-14H,3H2,1-2H3,(H,22,25)/b13-12+/t14-/m1/s1. The molecule has 27 heavy (non-hydrogen) atoms. The van der Waals surface area contributed by atoms with Crippen LogP contribution in [0.15, 0.2) is 59.0 Å². The lowest BCUT2D eigenvalue weighted by atomic mass is 10.1. The minimum absolute atomic E-state index is 0.293. The van der Waals surface area contributed by atoms with Crippen molar-refractivity contribution < 1.29 is 18.7 Å². The van der Waals surface area contributed by atoms with Crippen molar-refractivity contribution in [2.24, 2.45) is 0 Å². The average Bonchev–Trinajstić information content (AvgIpc) is 3.10. The highest BCUT2D eigenvalue weighted by Gasteiger charge is 2.16. The molecule has 2 aromatic carbocycles. The van der Waals surface area contributed by atoms with Crippen LogP contribution in [0.2, 0.25) is 0 Å². The van der Waals surface area contributed by atoms with Crippen molar-refractivity contribution in [3.05, 3.63) is 66.1 Å². The molecule has 3 rings (SSSR count). The van der Waals surface area contributed by atoms with Gasteiger partial charge in [0.15, 0.2) is 11.7 Å². The molecule has 0 bridgehead atoms. The summed E-state index contributed by atoms with van der Waals surface area (Å²) in [5, 5.41) is 2.72. The lowest BCUT2D eigenvalue weighted by Crippen LogP contribution is -2.29. The first kappa shape index (κ1) is 18.4. The topological polar surface area (TPSA) is 81.4 Å². The van der Waals surface area contributed by atoms with Crippen molar-refractivity contribution in [3.63, 3.8) is 0 Å². The minimum Gasteiger partial charge on any atom is -0.449 e. The van der Waals surface area contributed by atoms with Gasteiger partial charge in [0.1, 0.15) is 5.52 Å². The number of ether oxygens (including phenoxy) is 1. The molecule has 1 N–H and O–H groups in total. The highest BCUT2D eigenvalue weighted by molar-refractivity contribution is 5.96. The molecule has 0 aliphatic heterocycles. The maximum absolute atomic E-state index is 12.2. The number of para-hydroxylation sites is 2. The third kappa shape index (κ3) is 4.82. The lowest BCUT2D eigenvalue weighted by molar-refractivity contribution is -0.148. The zero-order valence-electron chi connectivity index (χ0n) is 15.1. The number of benzene rings is 2. The van der Waals surface area contributed by atoms with Crippen LogP contribution in [-0.2, 0) is 20.7 Å². The summed E-state index contributed by atoms with van der Waals surface area (Å²) in [7, 11) is 0. The Bertz CT molecular complexity index is 940. The number of rotatable bonds is 6. The van der Waals surface area contributed by atoms with Crippen LogP contribution in [0.4, 0.5) is 5.69 Å². The highest BCUT2D eigenvalue weighted by Crippen LogP contribution is 2.15. The van der Waals surface area contributed by atoms with Gasteiger partial charge in [-0.1, -0.05) is 31.2 Å². The average molecular weight is 364 g/mol. The molecule has 0 radical (unpaired) electrons. The van der Waals surface area contributed by atoms with E-state index in [1.54, 1.807) is 6.07 Å². The summed E-state index contributed by atoms with van der Waals surface area (Å²) >= 11 is 0. The van der Waals surface area contributed by atoms with Gasteiger partial charge in [0.2, 0.25) is 5.89 Å². The van der Waals surface area contributed by atoms with Crippen LogP contribution in [0, 0.1) is 0 Å². The zero-order valence-corrected chi connectivity index (χ0v) is 15.1. The SMILES string of the molecule is CCc1ccc(NC(=O)[C@@H](C)OC(=O)/C=C/c2nc3ccccc3o2)cc1. The van der Waals surface area contributed by atoms with E-state index in [-0.39, 0.29) is 0 Å². The minimum atomic E-state index is -0.934. The van der Waals surface area contributed by atoms with Gasteiger partial charge in [-0.25, -0.2) is 9.78 Å². The van der Waals surface area contributed by atoms with E-state index in [0.717, 1.165) is 6.42 Å². The summed E-state index contributed by atoms with van der Waals surface area (Å²) in [5.74, 6) is -0.759. The zero-order chi connectivity index (χ0) is 19.2. The van der Waals surface area contributed by atoms with Crippen molar-refractivity contribution in [3.8, 4) is 0 Å². The number of hydrogen-bond acceptors (Lipinski definition) is 5. The molecule has 1 amide bonds. The maximum Gasteiger partial charge on any atom is 0.331 e. The number of aryl methyl sites for hydroxylation is 1. The summed E-state index contributed by atoms with van der Waals surface area (Å²) in [6, 6.07) is 14.8. The summed E-state index contributed by atoms with van der Waals surface area (Å²) in [5.41, 5.74) is 3.17. The molecular weight excluding hydrogens is 344 g/mol. The Morgan fingerprint density at radius 2 is 1.93 bits per heavy atom. The number of nitrogens with one attached hydrogen (secondary N) is 1. The van der Waals surface area contributed by atoms with Crippen molar-refractivity contribution in [1.82, 2.24) is 4.98 Å². The first-order valence-corrected chi connectivity index (χ1v) is 8.69. The first-order valence-electron chi connectivity index (χ1n) is 8.69. The van der Waals surface area contributed by atoms with Crippen molar-refractivity contribution in [2.75, 3.05) is 5.32 Å². The van der Waals surface area contributed by atoms with Crippen molar-refractivity contribution in [1.29, 1.82) is 0 Å². The first-order chi connectivity index (χ1) is 13.0. The van der Waals surface area contributed by atoms with Crippen LogP contribution in [0.3, 0.4) is 0 Å². The summed E-state index contributed by atoms with van der Waals surface area (Å²) in [6.07, 6.45) is 2.59. The van der Waals surface area contributed by atoms with E-state index in [0.29, 0.717) is 22.7 Å². The van der Waals surface area contributed by atoms with Crippen LogP contribution in [0.1, 0.15) is 25.3 Å². The molecule has 1 heterocycles. The highest BCUT2D eigenvalue weighted by atomic mass is 16.5. The molecule has 0 saturated heterocycles. The second kappa shape index (κ2) is 8.31. The third-order valence-electron chi connectivity index (χ3n) is 3.96. The van der Waals surface area contributed by atoms with E-state index in [4.69, 9.17) is 9.15 Å². The fraction of sp³-hybridized carbons (Fsp3) is 0.190. The Kier molecular flexibility index (Phi) is 5.66. The van der Waals surface area contributed by atoms with E-state index in [1.807, 2.05) is 42.5 Å². The van der Waals surface area contributed by atoms with E-state index in [1.165, 1.54) is 24.6 Å². The fourth-order valence-corrected chi connectivity index (χ4v) is 2.44. The molecule has 3 aromatic rings. The van der Waals surface area contributed by atoms with Gasteiger partial charge in [0.05, 0.1) is 0 Å². The number of carbonyl (C=O) groups excluding carboxylic acids is 2. The number of anilines is 1. The number of nitrogens with zero attached hydrogens (tertiary/aromatic N) is 1. The molecule has 6 heteroatoms. The predicted octanol–water partition coefficient (Wildman–Crippen LogP) is 3.97. The second-order valence-electron chi connectivity index (χ2n) is 5.97. The third-order valence-corrected chi connectivity index (χ3v) is 3.96. The van der Waals surface area contributed by atoms with Crippen LogP contribution in [0.5, 0.6) is 0 Å². The van der Waals surface area contributed by atoms with Crippen molar-refractivity contribution in [2.45, 2.75) is 26.4 Å². The van der Waals surface area contributed by atoms with Gasteiger partial charge < -0.3 is 14.5 Å². The Balaban J connectivity index is 1.54. The van der Waals surface area contributed by atoms with Gasteiger partial charge in [0.25, 0.3) is 5.91 Å². The Labute approximate surface area is 156 Å². The smallest absolute Gasteiger partial charge is 0.331 e. The van der Waals surface area contributed by atoms with E-state index < -0.39 is 18.0 Å². The quantitative estimate of drug-likeness (QED) is 0.529. The number of amides is 1. The number of carbonyl (C=O) groups is 2. The number of oxazole rings is 1. The molecule has 138 valence electrons. The molecule has 0 fully saturated rings.